The molecular formula is C16H22ClN3O2. The molecule has 1 unspecified atom stereocenters. The van der Waals surface area contributed by atoms with Gasteiger partial charge in [0, 0.05) is 17.8 Å². The molecule has 0 spiro atoms. The molecule has 0 aromatic heterocycles. The zero-order chi connectivity index (χ0) is 15.1. The summed E-state index contributed by atoms with van der Waals surface area (Å²) in [7, 11) is 0. The number of amides is 2. The van der Waals surface area contributed by atoms with E-state index in [-0.39, 0.29) is 30.3 Å². The van der Waals surface area contributed by atoms with E-state index in [0.29, 0.717) is 17.8 Å². The molecule has 1 saturated heterocycles. The lowest BCUT2D eigenvalue weighted by Gasteiger charge is -2.22. The van der Waals surface area contributed by atoms with Crippen LogP contribution < -0.4 is 16.0 Å². The van der Waals surface area contributed by atoms with Crippen molar-refractivity contribution >= 4 is 29.9 Å². The van der Waals surface area contributed by atoms with E-state index in [9.17, 15) is 9.59 Å². The van der Waals surface area contributed by atoms with Crippen LogP contribution >= 0.6 is 12.4 Å². The third-order valence-electron chi connectivity index (χ3n) is 3.45. The second kappa shape index (κ2) is 9.23. The normalized spacial score (nSPS) is 17.0. The van der Waals surface area contributed by atoms with Crippen LogP contribution in [0.1, 0.15) is 29.6 Å². The van der Waals surface area contributed by atoms with E-state index in [2.05, 4.69) is 22.5 Å². The van der Waals surface area contributed by atoms with Crippen LogP contribution in [0.25, 0.3) is 0 Å². The molecular weight excluding hydrogens is 302 g/mol. The Balaban J connectivity index is 0.00000242. The molecule has 2 rings (SSSR count). The highest BCUT2D eigenvalue weighted by molar-refractivity contribution is 5.97. The first-order valence-electron chi connectivity index (χ1n) is 7.24. The van der Waals surface area contributed by atoms with Crippen LogP contribution in [0.3, 0.4) is 0 Å². The van der Waals surface area contributed by atoms with Crippen LogP contribution in [0.5, 0.6) is 0 Å². The third kappa shape index (κ3) is 5.16. The third-order valence-corrected chi connectivity index (χ3v) is 3.45. The highest BCUT2D eigenvalue weighted by Crippen LogP contribution is 2.13. The topological polar surface area (TPSA) is 70.2 Å². The maximum Gasteiger partial charge on any atom is 0.251 e. The van der Waals surface area contributed by atoms with Crippen molar-refractivity contribution in [1.29, 1.82) is 0 Å². The van der Waals surface area contributed by atoms with Crippen molar-refractivity contribution in [1.82, 2.24) is 10.6 Å². The molecule has 1 atom stereocenters. The summed E-state index contributed by atoms with van der Waals surface area (Å²) in [6.45, 7) is 4.87. The molecule has 3 N–H and O–H groups in total. The summed E-state index contributed by atoms with van der Waals surface area (Å²) in [5.74, 6) is -0.166. The molecule has 22 heavy (non-hydrogen) atoms. The minimum absolute atomic E-state index is 0. The van der Waals surface area contributed by atoms with Crippen molar-refractivity contribution < 1.29 is 9.59 Å². The van der Waals surface area contributed by atoms with Crippen LogP contribution in [0.15, 0.2) is 36.9 Å². The molecule has 0 aliphatic carbocycles. The Morgan fingerprint density at radius 3 is 2.59 bits per heavy atom. The summed E-state index contributed by atoms with van der Waals surface area (Å²) in [4.78, 5) is 23.8. The Kier molecular flexibility index (Phi) is 7.63. The lowest BCUT2D eigenvalue weighted by Crippen LogP contribution is -2.43. The fraction of sp³-hybridized carbons (Fsp3) is 0.375. The zero-order valence-corrected chi connectivity index (χ0v) is 13.2. The van der Waals surface area contributed by atoms with Crippen molar-refractivity contribution in [2.75, 3.05) is 18.4 Å². The van der Waals surface area contributed by atoms with E-state index in [0.717, 1.165) is 25.8 Å². The van der Waals surface area contributed by atoms with Gasteiger partial charge in [0.1, 0.15) is 0 Å². The van der Waals surface area contributed by atoms with Gasteiger partial charge in [-0.15, -0.1) is 19.0 Å². The van der Waals surface area contributed by atoms with E-state index in [4.69, 9.17) is 0 Å². The molecule has 1 aromatic rings. The second-order valence-electron chi connectivity index (χ2n) is 5.07. The quantitative estimate of drug-likeness (QED) is 0.727. The predicted molar refractivity (Wildman–Crippen MR) is 90.5 cm³/mol. The molecule has 0 radical (unpaired) electrons. The molecule has 1 heterocycles. The zero-order valence-electron chi connectivity index (χ0n) is 12.4. The lowest BCUT2D eigenvalue weighted by molar-refractivity contribution is -0.118. The highest BCUT2D eigenvalue weighted by atomic mass is 35.5. The molecule has 2 amide bonds. The Morgan fingerprint density at radius 1 is 1.27 bits per heavy atom. The molecule has 5 nitrogen and oxygen atoms in total. The lowest BCUT2D eigenvalue weighted by atomic mass is 10.0. The van der Waals surface area contributed by atoms with Crippen molar-refractivity contribution in [2.24, 2.45) is 0 Å². The number of rotatable bonds is 5. The van der Waals surface area contributed by atoms with Gasteiger partial charge in [0.2, 0.25) is 5.91 Å². The molecule has 120 valence electrons. The molecule has 1 fully saturated rings. The number of nitrogens with one attached hydrogen (secondary N) is 3. The first kappa shape index (κ1) is 18.2. The van der Waals surface area contributed by atoms with Gasteiger partial charge in [-0.2, -0.15) is 0 Å². The van der Waals surface area contributed by atoms with Gasteiger partial charge in [-0.05, 0) is 43.7 Å². The SMILES string of the molecule is C=CCNC(=O)c1ccc(NC(=O)C2CCCCN2)cc1.Cl. The van der Waals surface area contributed by atoms with Crippen LogP contribution in [0.4, 0.5) is 5.69 Å². The summed E-state index contributed by atoms with van der Waals surface area (Å²) in [5, 5.41) is 8.78. The van der Waals surface area contributed by atoms with E-state index < -0.39 is 0 Å². The Hall–Kier alpha value is -1.85. The Labute approximate surface area is 137 Å². The van der Waals surface area contributed by atoms with Crippen LogP contribution in [-0.2, 0) is 4.79 Å². The molecule has 0 saturated carbocycles. The smallest absolute Gasteiger partial charge is 0.251 e. The second-order valence-corrected chi connectivity index (χ2v) is 5.07. The van der Waals surface area contributed by atoms with Crippen LogP contribution in [0, 0.1) is 0 Å². The number of hydrogen-bond donors (Lipinski definition) is 3. The largest absolute Gasteiger partial charge is 0.349 e. The number of hydrogen-bond acceptors (Lipinski definition) is 3. The first-order chi connectivity index (χ1) is 10.2. The van der Waals surface area contributed by atoms with Gasteiger partial charge in [-0.3, -0.25) is 9.59 Å². The number of piperidine rings is 1. The summed E-state index contributed by atoms with van der Waals surface area (Å²) in [6, 6.07) is 6.76. The first-order valence-corrected chi connectivity index (χ1v) is 7.24. The maximum atomic E-state index is 12.1. The molecule has 1 aliphatic rings. The molecule has 1 aromatic carbocycles. The number of carbonyl (C=O) groups excluding carboxylic acids is 2. The summed E-state index contributed by atoms with van der Waals surface area (Å²) in [5.41, 5.74) is 1.26. The number of anilines is 1. The molecule has 6 heteroatoms. The molecule has 1 aliphatic heterocycles. The van der Waals surface area contributed by atoms with E-state index in [1.807, 2.05) is 0 Å². The highest BCUT2D eigenvalue weighted by Gasteiger charge is 2.20. The van der Waals surface area contributed by atoms with Gasteiger partial charge in [-0.1, -0.05) is 12.5 Å². The van der Waals surface area contributed by atoms with Crippen molar-refractivity contribution in [2.45, 2.75) is 25.3 Å². The van der Waals surface area contributed by atoms with E-state index >= 15 is 0 Å². The van der Waals surface area contributed by atoms with Crippen molar-refractivity contribution in [3.63, 3.8) is 0 Å². The van der Waals surface area contributed by atoms with Gasteiger partial charge >= 0.3 is 0 Å². The number of carbonyl (C=O) groups is 2. The minimum Gasteiger partial charge on any atom is -0.349 e. The van der Waals surface area contributed by atoms with Gasteiger partial charge in [0.25, 0.3) is 5.91 Å². The fourth-order valence-electron chi connectivity index (χ4n) is 2.28. The Morgan fingerprint density at radius 2 is 2.00 bits per heavy atom. The van der Waals surface area contributed by atoms with Crippen LogP contribution in [0.2, 0.25) is 0 Å². The predicted octanol–water partition coefficient (Wildman–Crippen LogP) is 2.10. The van der Waals surface area contributed by atoms with Gasteiger partial charge in [0.15, 0.2) is 0 Å². The fourth-order valence-corrected chi connectivity index (χ4v) is 2.28. The Bertz CT molecular complexity index is 511. The minimum atomic E-state index is -0.151. The standard InChI is InChI=1S/C16H21N3O2.ClH/c1-2-10-18-15(20)12-6-8-13(9-7-12)19-16(21)14-5-3-4-11-17-14;/h2,6-9,14,17H,1,3-5,10-11H2,(H,18,20)(H,19,21);1H. The number of benzene rings is 1. The summed E-state index contributed by atoms with van der Waals surface area (Å²) >= 11 is 0. The average molecular weight is 324 g/mol. The van der Waals surface area contributed by atoms with Crippen LogP contribution in [-0.4, -0.2) is 30.9 Å². The summed E-state index contributed by atoms with van der Waals surface area (Å²) < 4.78 is 0. The summed E-state index contributed by atoms with van der Waals surface area (Å²) in [6.07, 6.45) is 4.70. The van der Waals surface area contributed by atoms with Crippen molar-refractivity contribution in [3.05, 3.63) is 42.5 Å². The van der Waals surface area contributed by atoms with Gasteiger partial charge < -0.3 is 16.0 Å². The van der Waals surface area contributed by atoms with Gasteiger partial charge in [0.05, 0.1) is 6.04 Å². The van der Waals surface area contributed by atoms with Crippen molar-refractivity contribution in [3.8, 4) is 0 Å². The average Bonchev–Trinajstić information content (AvgIpc) is 2.54. The van der Waals surface area contributed by atoms with E-state index in [1.54, 1.807) is 30.3 Å². The maximum absolute atomic E-state index is 12.1. The van der Waals surface area contributed by atoms with E-state index in [1.165, 1.54) is 0 Å². The number of halogens is 1. The monoisotopic (exact) mass is 323 g/mol. The van der Waals surface area contributed by atoms with Gasteiger partial charge in [-0.25, -0.2) is 0 Å². The molecule has 0 bridgehead atoms.